The average molecular weight is 381 g/mol. The number of halogens is 1. The van der Waals surface area contributed by atoms with Gasteiger partial charge in [0.05, 0.1) is 6.42 Å². The van der Waals surface area contributed by atoms with Gasteiger partial charge < -0.3 is 11.1 Å². The lowest BCUT2D eigenvalue weighted by Gasteiger charge is -2.11. The van der Waals surface area contributed by atoms with Crippen LogP contribution in [0.4, 0.5) is 5.69 Å². The van der Waals surface area contributed by atoms with Crippen molar-refractivity contribution in [3.63, 3.8) is 0 Å². The standard InChI is InChI=1S/C23H24N2O.ClH/c1-2-23(24)15-21(23)18-10-6-11-19(13-18)25-22(26)14-17-9-5-8-16-7-3-4-12-20(16)17;/h3-13,21H,2,14-15,24H2,1H3,(H,25,26);1H/t21-,23-;/m0./s1. The minimum Gasteiger partial charge on any atom is -0.326 e. The van der Waals surface area contributed by atoms with Gasteiger partial charge in [0.1, 0.15) is 0 Å². The number of carbonyl (C=O) groups is 1. The van der Waals surface area contributed by atoms with Gasteiger partial charge in [-0.1, -0.05) is 61.5 Å². The Bertz CT molecular complexity index is 966. The number of benzene rings is 3. The summed E-state index contributed by atoms with van der Waals surface area (Å²) >= 11 is 0. The Kier molecular flexibility index (Phi) is 5.54. The number of hydrogen-bond donors (Lipinski definition) is 2. The predicted molar refractivity (Wildman–Crippen MR) is 115 cm³/mol. The third-order valence-corrected chi connectivity index (χ3v) is 5.58. The zero-order valence-corrected chi connectivity index (χ0v) is 16.3. The van der Waals surface area contributed by atoms with E-state index < -0.39 is 0 Å². The Balaban J connectivity index is 0.00000210. The topological polar surface area (TPSA) is 55.1 Å². The first-order valence-corrected chi connectivity index (χ1v) is 9.24. The highest BCUT2D eigenvalue weighted by molar-refractivity contribution is 5.96. The van der Waals surface area contributed by atoms with Crippen LogP contribution < -0.4 is 11.1 Å². The molecule has 0 spiro atoms. The summed E-state index contributed by atoms with van der Waals surface area (Å²) in [6.45, 7) is 2.13. The van der Waals surface area contributed by atoms with Crippen LogP contribution in [-0.2, 0) is 11.2 Å². The fourth-order valence-corrected chi connectivity index (χ4v) is 3.82. The minimum absolute atomic E-state index is 0. The normalized spacial score (nSPS) is 20.7. The molecule has 0 radical (unpaired) electrons. The van der Waals surface area contributed by atoms with Gasteiger partial charge in [-0.2, -0.15) is 0 Å². The number of rotatable bonds is 5. The Morgan fingerprint density at radius 3 is 2.63 bits per heavy atom. The van der Waals surface area contributed by atoms with E-state index in [9.17, 15) is 4.79 Å². The molecule has 0 aliphatic heterocycles. The second-order valence-corrected chi connectivity index (χ2v) is 7.33. The van der Waals surface area contributed by atoms with E-state index in [0.717, 1.165) is 34.9 Å². The number of amides is 1. The van der Waals surface area contributed by atoms with Crippen molar-refractivity contribution in [1.82, 2.24) is 0 Å². The smallest absolute Gasteiger partial charge is 0.228 e. The van der Waals surface area contributed by atoms with Crippen LogP contribution in [0.2, 0.25) is 0 Å². The molecule has 27 heavy (non-hydrogen) atoms. The quantitative estimate of drug-likeness (QED) is 0.651. The number of fused-ring (bicyclic) bond motifs is 1. The lowest BCUT2D eigenvalue weighted by atomic mass is 10.0. The first-order valence-electron chi connectivity index (χ1n) is 9.24. The molecule has 1 fully saturated rings. The highest BCUT2D eigenvalue weighted by Crippen LogP contribution is 2.51. The second kappa shape index (κ2) is 7.71. The Morgan fingerprint density at radius 2 is 1.85 bits per heavy atom. The molecule has 3 aromatic carbocycles. The van der Waals surface area contributed by atoms with Crippen molar-refractivity contribution < 1.29 is 4.79 Å². The average Bonchev–Trinajstić information content (AvgIpc) is 3.35. The molecule has 3 N–H and O–H groups in total. The maximum atomic E-state index is 12.6. The van der Waals surface area contributed by atoms with Gasteiger partial charge >= 0.3 is 0 Å². The van der Waals surface area contributed by atoms with Gasteiger partial charge in [-0.05, 0) is 46.9 Å². The van der Waals surface area contributed by atoms with E-state index in [1.54, 1.807) is 0 Å². The molecule has 3 aromatic rings. The number of carbonyl (C=O) groups excluding carboxylic acids is 1. The summed E-state index contributed by atoms with van der Waals surface area (Å²) in [6.07, 6.45) is 2.37. The third kappa shape index (κ3) is 4.00. The molecule has 0 unspecified atom stereocenters. The van der Waals surface area contributed by atoms with Crippen molar-refractivity contribution in [3.05, 3.63) is 77.9 Å². The van der Waals surface area contributed by atoms with Gasteiger partial charge in [0, 0.05) is 17.1 Å². The summed E-state index contributed by atoms with van der Waals surface area (Å²) in [4.78, 5) is 12.6. The summed E-state index contributed by atoms with van der Waals surface area (Å²) in [6, 6.07) is 22.4. The van der Waals surface area contributed by atoms with Crippen LogP contribution in [0.15, 0.2) is 66.7 Å². The summed E-state index contributed by atoms with van der Waals surface area (Å²) < 4.78 is 0. The van der Waals surface area contributed by atoms with Gasteiger partial charge in [0.25, 0.3) is 0 Å². The Hall–Kier alpha value is -2.36. The molecule has 0 saturated heterocycles. The molecule has 3 nitrogen and oxygen atoms in total. The summed E-state index contributed by atoms with van der Waals surface area (Å²) in [7, 11) is 0. The first-order chi connectivity index (χ1) is 12.6. The molecule has 1 aliphatic rings. The summed E-state index contributed by atoms with van der Waals surface area (Å²) in [5.74, 6) is 0.409. The molecular formula is C23H25ClN2O. The molecule has 2 atom stereocenters. The number of nitrogens with two attached hydrogens (primary N) is 1. The van der Waals surface area contributed by atoms with Crippen LogP contribution in [0.5, 0.6) is 0 Å². The molecule has 0 heterocycles. The van der Waals surface area contributed by atoms with Crippen molar-refractivity contribution in [2.45, 2.75) is 37.6 Å². The summed E-state index contributed by atoms with van der Waals surface area (Å²) in [5, 5.41) is 5.34. The predicted octanol–water partition coefficient (Wildman–Crippen LogP) is 5.04. The molecule has 0 aromatic heterocycles. The van der Waals surface area contributed by atoms with E-state index in [2.05, 4.69) is 42.6 Å². The van der Waals surface area contributed by atoms with Crippen LogP contribution >= 0.6 is 12.4 Å². The molecule has 0 bridgehead atoms. The van der Waals surface area contributed by atoms with Crippen molar-refractivity contribution >= 4 is 34.8 Å². The SMILES string of the molecule is CC[C@]1(N)C[C@H]1c1cccc(NC(=O)Cc2cccc3ccccc23)c1.Cl. The van der Waals surface area contributed by atoms with E-state index in [1.165, 1.54) is 5.56 Å². The van der Waals surface area contributed by atoms with Crippen molar-refractivity contribution in [2.75, 3.05) is 5.32 Å². The molecule has 1 aliphatic carbocycles. The van der Waals surface area contributed by atoms with E-state index in [4.69, 9.17) is 5.73 Å². The number of anilines is 1. The minimum atomic E-state index is -0.0639. The highest BCUT2D eigenvalue weighted by atomic mass is 35.5. The Labute approximate surface area is 166 Å². The van der Waals surface area contributed by atoms with Crippen LogP contribution in [0, 0.1) is 0 Å². The summed E-state index contributed by atoms with van der Waals surface area (Å²) in [5.41, 5.74) is 9.39. The zero-order valence-electron chi connectivity index (χ0n) is 15.4. The van der Waals surface area contributed by atoms with Crippen LogP contribution in [0.1, 0.15) is 36.8 Å². The molecule has 140 valence electrons. The van der Waals surface area contributed by atoms with Crippen LogP contribution in [0.25, 0.3) is 10.8 Å². The maximum Gasteiger partial charge on any atom is 0.228 e. The molecule has 1 amide bonds. The lowest BCUT2D eigenvalue weighted by molar-refractivity contribution is -0.115. The number of nitrogens with one attached hydrogen (secondary N) is 1. The van der Waals surface area contributed by atoms with Crippen molar-refractivity contribution in [3.8, 4) is 0 Å². The van der Waals surface area contributed by atoms with Crippen molar-refractivity contribution in [1.29, 1.82) is 0 Å². The monoisotopic (exact) mass is 380 g/mol. The largest absolute Gasteiger partial charge is 0.326 e. The first kappa shape index (κ1) is 19.4. The van der Waals surface area contributed by atoms with Gasteiger partial charge in [0.15, 0.2) is 0 Å². The lowest BCUT2D eigenvalue weighted by Crippen LogP contribution is -2.22. The molecule has 4 rings (SSSR count). The fraction of sp³-hybridized carbons (Fsp3) is 0.261. The Morgan fingerprint density at radius 1 is 1.11 bits per heavy atom. The van der Waals surface area contributed by atoms with Gasteiger partial charge in [-0.25, -0.2) is 0 Å². The van der Waals surface area contributed by atoms with E-state index in [1.807, 2.05) is 36.4 Å². The fourth-order valence-electron chi connectivity index (χ4n) is 3.82. The van der Waals surface area contributed by atoms with Crippen LogP contribution in [-0.4, -0.2) is 11.4 Å². The molecule has 1 saturated carbocycles. The van der Waals surface area contributed by atoms with Gasteiger partial charge in [-0.15, -0.1) is 12.4 Å². The molecular weight excluding hydrogens is 356 g/mol. The van der Waals surface area contributed by atoms with Gasteiger partial charge in [0.2, 0.25) is 5.91 Å². The maximum absolute atomic E-state index is 12.6. The van der Waals surface area contributed by atoms with Gasteiger partial charge in [-0.3, -0.25) is 4.79 Å². The van der Waals surface area contributed by atoms with E-state index in [0.29, 0.717) is 12.3 Å². The zero-order chi connectivity index (χ0) is 18.1. The molecule has 4 heteroatoms. The van der Waals surface area contributed by atoms with Crippen LogP contribution in [0.3, 0.4) is 0 Å². The third-order valence-electron chi connectivity index (χ3n) is 5.58. The highest BCUT2D eigenvalue weighted by Gasteiger charge is 2.49. The van der Waals surface area contributed by atoms with E-state index >= 15 is 0 Å². The second-order valence-electron chi connectivity index (χ2n) is 7.33. The van der Waals surface area contributed by atoms with E-state index in [-0.39, 0.29) is 23.9 Å². The van der Waals surface area contributed by atoms with Crippen molar-refractivity contribution in [2.24, 2.45) is 5.73 Å². The number of hydrogen-bond acceptors (Lipinski definition) is 2.